The van der Waals surface area contributed by atoms with Gasteiger partial charge in [0.15, 0.2) is 0 Å². The molecule has 1 aromatic heterocycles. The zero-order valence-electron chi connectivity index (χ0n) is 13.1. The number of likely N-dealkylation sites (tertiary alicyclic amines) is 1. The predicted octanol–water partition coefficient (Wildman–Crippen LogP) is 4.09. The number of aromatic nitrogens is 2. The zero-order valence-corrected chi connectivity index (χ0v) is 13.9. The zero-order chi connectivity index (χ0) is 14.8. The Labute approximate surface area is 127 Å². The van der Waals surface area contributed by atoms with Crippen LogP contribution in [0.2, 0.25) is 5.15 Å². The minimum absolute atomic E-state index is 0.416. The standard InChI is InChI=1S/C16H26ClN3/c1-12-10-14(17)19-15(18-12)11-20-8-5-6-13(7-9-20)16(2,3)4/h10,13H,5-9,11H2,1-4H3. The van der Waals surface area contributed by atoms with E-state index in [9.17, 15) is 0 Å². The van der Waals surface area contributed by atoms with Crippen LogP contribution in [0.15, 0.2) is 6.07 Å². The number of nitrogens with zero attached hydrogens (tertiary/aromatic N) is 3. The Morgan fingerprint density at radius 2 is 2.00 bits per heavy atom. The van der Waals surface area contributed by atoms with Crippen LogP contribution in [-0.2, 0) is 6.54 Å². The molecule has 1 unspecified atom stereocenters. The van der Waals surface area contributed by atoms with Gasteiger partial charge in [-0.25, -0.2) is 9.97 Å². The lowest BCUT2D eigenvalue weighted by Crippen LogP contribution is -2.27. The van der Waals surface area contributed by atoms with Gasteiger partial charge in [0.1, 0.15) is 11.0 Å². The fourth-order valence-corrected chi connectivity index (χ4v) is 3.29. The molecule has 0 amide bonds. The molecule has 112 valence electrons. The fourth-order valence-electron chi connectivity index (χ4n) is 3.04. The maximum absolute atomic E-state index is 6.01. The number of hydrogen-bond acceptors (Lipinski definition) is 3. The van der Waals surface area contributed by atoms with E-state index in [-0.39, 0.29) is 0 Å². The molecule has 0 spiro atoms. The molecule has 2 heterocycles. The van der Waals surface area contributed by atoms with Gasteiger partial charge < -0.3 is 0 Å². The lowest BCUT2D eigenvalue weighted by atomic mass is 9.77. The summed E-state index contributed by atoms with van der Waals surface area (Å²) >= 11 is 6.01. The van der Waals surface area contributed by atoms with Crippen molar-refractivity contribution in [1.82, 2.24) is 14.9 Å². The van der Waals surface area contributed by atoms with E-state index in [1.54, 1.807) is 0 Å². The Balaban J connectivity index is 1.97. The normalized spacial score (nSPS) is 21.8. The molecule has 4 heteroatoms. The molecule has 2 rings (SSSR count). The predicted molar refractivity (Wildman–Crippen MR) is 83.9 cm³/mol. The molecular weight excluding hydrogens is 270 g/mol. The van der Waals surface area contributed by atoms with Crippen molar-refractivity contribution in [3.8, 4) is 0 Å². The highest BCUT2D eigenvalue weighted by atomic mass is 35.5. The molecule has 1 aliphatic rings. The summed E-state index contributed by atoms with van der Waals surface area (Å²) in [5.41, 5.74) is 1.36. The van der Waals surface area contributed by atoms with E-state index >= 15 is 0 Å². The molecule has 1 atom stereocenters. The lowest BCUT2D eigenvalue weighted by molar-refractivity contribution is 0.205. The van der Waals surface area contributed by atoms with Gasteiger partial charge in [-0.05, 0) is 56.7 Å². The second kappa shape index (κ2) is 6.40. The largest absolute Gasteiger partial charge is 0.296 e. The van der Waals surface area contributed by atoms with Crippen LogP contribution in [-0.4, -0.2) is 28.0 Å². The van der Waals surface area contributed by atoms with Gasteiger partial charge in [0, 0.05) is 5.69 Å². The van der Waals surface area contributed by atoms with Crippen molar-refractivity contribution in [3.05, 3.63) is 22.7 Å². The van der Waals surface area contributed by atoms with Gasteiger partial charge in [-0.1, -0.05) is 32.4 Å². The Hall–Kier alpha value is -0.670. The van der Waals surface area contributed by atoms with E-state index in [0.717, 1.165) is 37.1 Å². The summed E-state index contributed by atoms with van der Waals surface area (Å²) in [6, 6.07) is 1.81. The van der Waals surface area contributed by atoms with Gasteiger partial charge in [0.25, 0.3) is 0 Å². The highest BCUT2D eigenvalue weighted by Crippen LogP contribution is 2.34. The van der Waals surface area contributed by atoms with Crippen molar-refractivity contribution in [2.45, 2.75) is 53.5 Å². The van der Waals surface area contributed by atoms with Crippen molar-refractivity contribution in [3.63, 3.8) is 0 Å². The minimum atomic E-state index is 0.416. The summed E-state index contributed by atoms with van der Waals surface area (Å²) in [4.78, 5) is 11.3. The maximum atomic E-state index is 6.01. The molecule has 1 fully saturated rings. The van der Waals surface area contributed by atoms with Crippen molar-refractivity contribution in [2.24, 2.45) is 11.3 Å². The monoisotopic (exact) mass is 295 g/mol. The van der Waals surface area contributed by atoms with Gasteiger partial charge in [-0.2, -0.15) is 0 Å². The van der Waals surface area contributed by atoms with Gasteiger partial charge in [0.05, 0.1) is 6.54 Å². The Kier molecular flexibility index (Phi) is 5.03. The molecular formula is C16H26ClN3. The van der Waals surface area contributed by atoms with E-state index in [2.05, 4.69) is 35.6 Å². The molecule has 0 saturated carbocycles. The van der Waals surface area contributed by atoms with Crippen molar-refractivity contribution in [2.75, 3.05) is 13.1 Å². The smallest absolute Gasteiger partial charge is 0.144 e. The molecule has 0 aliphatic carbocycles. The van der Waals surface area contributed by atoms with Crippen LogP contribution in [0.5, 0.6) is 0 Å². The first-order valence-corrected chi connectivity index (χ1v) is 7.95. The van der Waals surface area contributed by atoms with E-state index in [0.29, 0.717) is 10.6 Å². The van der Waals surface area contributed by atoms with Gasteiger partial charge in [0.2, 0.25) is 0 Å². The summed E-state index contributed by atoms with van der Waals surface area (Å²) in [6.07, 6.45) is 3.86. The van der Waals surface area contributed by atoms with Gasteiger partial charge in [-0.3, -0.25) is 4.90 Å². The summed E-state index contributed by atoms with van der Waals surface area (Å²) in [5, 5.41) is 0.551. The minimum Gasteiger partial charge on any atom is -0.296 e. The second-order valence-corrected chi connectivity index (χ2v) is 7.41. The van der Waals surface area contributed by atoms with Crippen molar-refractivity contribution in [1.29, 1.82) is 0 Å². The highest BCUT2D eigenvalue weighted by molar-refractivity contribution is 6.29. The third-order valence-electron chi connectivity index (χ3n) is 4.28. The molecule has 1 aliphatic heterocycles. The summed E-state index contributed by atoms with van der Waals surface area (Å²) in [7, 11) is 0. The second-order valence-electron chi connectivity index (χ2n) is 7.02. The SMILES string of the molecule is Cc1cc(Cl)nc(CN2CCCC(C(C)(C)C)CC2)n1. The first-order valence-electron chi connectivity index (χ1n) is 7.57. The molecule has 1 aromatic rings. The molecule has 0 aromatic carbocycles. The van der Waals surface area contributed by atoms with Crippen LogP contribution in [0.3, 0.4) is 0 Å². The van der Waals surface area contributed by atoms with Crippen LogP contribution < -0.4 is 0 Å². The number of aryl methyl sites for hydroxylation is 1. The van der Waals surface area contributed by atoms with Gasteiger partial charge >= 0.3 is 0 Å². The summed E-state index contributed by atoms with van der Waals surface area (Å²) in [6.45, 7) is 12.1. The van der Waals surface area contributed by atoms with Crippen molar-refractivity contribution < 1.29 is 0 Å². The van der Waals surface area contributed by atoms with Gasteiger partial charge in [-0.15, -0.1) is 0 Å². The Morgan fingerprint density at radius 1 is 1.25 bits per heavy atom. The maximum Gasteiger partial charge on any atom is 0.144 e. The average Bonchev–Trinajstić information content (AvgIpc) is 2.52. The van der Waals surface area contributed by atoms with Crippen LogP contribution in [0.1, 0.15) is 51.6 Å². The third kappa shape index (κ3) is 4.42. The first kappa shape index (κ1) is 15.7. The highest BCUT2D eigenvalue weighted by Gasteiger charge is 2.27. The topological polar surface area (TPSA) is 29.0 Å². The van der Waals surface area contributed by atoms with Crippen LogP contribution in [0.25, 0.3) is 0 Å². The average molecular weight is 296 g/mol. The Bertz CT molecular complexity index is 433. The number of hydrogen-bond donors (Lipinski definition) is 0. The van der Waals surface area contributed by atoms with E-state index in [1.165, 1.54) is 19.3 Å². The van der Waals surface area contributed by atoms with Crippen LogP contribution in [0.4, 0.5) is 0 Å². The molecule has 0 N–H and O–H groups in total. The Morgan fingerprint density at radius 3 is 2.65 bits per heavy atom. The quantitative estimate of drug-likeness (QED) is 0.770. The number of rotatable bonds is 2. The fraction of sp³-hybridized carbons (Fsp3) is 0.750. The van der Waals surface area contributed by atoms with Crippen molar-refractivity contribution >= 4 is 11.6 Å². The van der Waals surface area contributed by atoms with Crippen LogP contribution in [0, 0.1) is 18.3 Å². The molecule has 0 radical (unpaired) electrons. The molecule has 1 saturated heterocycles. The van der Waals surface area contributed by atoms with Crippen LogP contribution >= 0.6 is 11.6 Å². The molecule has 20 heavy (non-hydrogen) atoms. The third-order valence-corrected chi connectivity index (χ3v) is 4.47. The number of halogens is 1. The van der Waals surface area contributed by atoms with E-state index < -0.39 is 0 Å². The lowest BCUT2D eigenvalue weighted by Gasteiger charge is -2.29. The summed E-state index contributed by atoms with van der Waals surface area (Å²) in [5.74, 6) is 1.67. The van der Waals surface area contributed by atoms with E-state index in [4.69, 9.17) is 11.6 Å². The first-order chi connectivity index (χ1) is 9.34. The molecule has 3 nitrogen and oxygen atoms in total. The molecule has 0 bridgehead atoms. The summed E-state index contributed by atoms with van der Waals surface area (Å²) < 4.78 is 0. The van der Waals surface area contributed by atoms with E-state index in [1.807, 2.05) is 13.0 Å².